The predicted octanol–water partition coefficient (Wildman–Crippen LogP) is 4.59. The number of thioether (sulfide) groups is 1. The van der Waals surface area contributed by atoms with Gasteiger partial charge in [0.15, 0.2) is 11.5 Å². The first-order valence-electron chi connectivity index (χ1n) is 6.98. The minimum atomic E-state index is -0.218. The Morgan fingerprint density at radius 1 is 1.09 bits per heavy atom. The van der Waals surface area contributed by atoms with Gasteiger partial charge in [0, 0.05) is 21.1 Å². The lowest BCUT2D eigenvalue weighted by atomic mass is 10.2. The molecule has 0 spiro atoms. The van der Waals surface area contributed by atoms with Gasteiger partial charge in [0.25, 0.3) is 0 Å². The van der Waals surface area contributed by atoms with E-state index >= 15 is 0 Å². The average molecular weight is 396 g/mol. The molecule has 1 amide bonds. The first kappa shape index (κ1) is 17.7. The Hall–Kier alpha value is -1.66. The Morgan fingerprint density at radius 3 is 2.35 bits per heavy atom. The summed E-state index contributed by atoms with van der Waals surface area (Å²) in [6.07, 6.45) is 0. The van der Waals surface area contributed by atoms with E-state index in [0.29, 0.717) is 17.2 Å². The summed E-state index contributed by atoms with van der Waals surface area (Å²) in [6.45, 7) is 1.88. The molecule has 0 aliphatic carbocycles. The zero-order valence-electron chi connectivity index (χ0n) is 13.1. The van der Waals surface area contributed by atoms with Crippen molar-refractivity contribution < 1.29 is 14.3 Å². The van der Waals surface area contributed by atoms with Gasteiger partial charge in [-0.25, -0.2) is 0 Å². The number of ether oxygens (including phenoxy) is 2. The van der Waals surface area contributed by atoms with Gasteiger partial charge in [0.1, 0.15) is 0 Å². The number of rotatable bonds is 6. The molecule has 0 aliphatic rings. The summed E-state index contributed by atoms with van der Waals surface area (Å²) in [4.78, 5) is 13.4. The van der Waals surface area contributed by atoms with E-state index in [1.165, 1.54) is 11.8 Å². The second kappa shape index (κ2) is 8.26. The summed E-state index contributed by atoms with van der Waals surface area (Å²) in [5, 5.41) is 2.68. The molecule has 1 atom stereocenters. The fourth-order valence-electron chi connectivity index (χ4n) is 1.93. The fourth-order valence-corrected chi connectivity index (χ4v) is 3.06. The standard InChI is InChI=1S/C17H18BrNO3S/c1-11(23-14-7-4-12(18)5-8-14)17(20)19-13-6-9-15(21-2)16(10-13)22-3/h4-11H,1-3H3,(H,19,20)/t11-/m1/s1. The molecule has 4 nitrogen and oxygen atoms in total. The molecule has 1 N–H and O–H groups in total. The molecule has 2 aromatic rings. The number of amides is 1. The highest BCUT2D eigenvalue weighted by molar-refractivity contribution is 9.10. The number of carbonyl (C=O) groups excluding carboxylic acids is 1. The van der Waals surface area contributed by atoms with Crippen LogP contribution in [-0.4, -0.2) is 25.4 Å². The molecule has 2 aromatic carbocycles. The van der Waals surface area contributed by atoms with Crippen LogP contribution < -0.4 is 14.8 Å². The second-order valence-corrected chi connectivity index (χ2v) is 7.10. The van der Waals surface area contributed by atoms with Crippen molar-refractivity contribution in [2.45, 2.75) is 17.1 Å². The monoisotopic (exact) mass is 395 g/mol. The van der Waals surface area contributed by atoms with Crippen molar-refractivity contribution in [3.8, 4) is 11.5 Å². The number of nitrogens with one attached hydrogen (secondary N) is 1. The minimum absolute atomic E-state index is 0.0647. The number of anilines is 1. The van der Waals surface area contributed by atoms with Crippen LogP contribution in [0.4, 0.5) is 5.69 Å². The van der Waals surface area contributed by atoms with Crippen molar-refractivity contribution in [1.29, 1.82) is 0 Å². The first-order chi connectivity index (χ1) is 11.0. The van der Waals surface area contributed by atoms with Crippen molar-refractivity contribution in [2.24, 2.45) is 0 Å². The molecule has 0 saturated carbocycles. The van der Waals surface area contributed by atoms with E-state index in [1.807, 2.05) is 31.2 Å². The third-order valence-corrected chi connectivity index (χ3v) is 4.79. The van der Waals surface area contributed by atoms with E-state index < -0.39 is 0 Å². The molecular weight excluding hydrogens is 378 g/mol. The molecule has 0 fully saturated rings. The molecule has 0 aliphatic heterocycles. The normalized spacial score (nSPS) is 11.7. The Morgan fingerprint density at radius 2 is 1.74 bits per heavy atom. The zero-order chi connectivity index (χ0) is 16.8. The quantitative estimate of drug-likeness (QED) is 0.726. The van der Waals surface area contributed by atoms with Gasteiger partial charge < -0.3 is 14.8 Å². The molecule has 0 bridgehead atoms. The summed E-state index contributed by atoms with van der Waals surface area (Å²) < 4.78 is 11.4. The van der Waals surface area contributed by atoms with E-state index in [9.17, 15) is 4.79 Å². The van der Waals surface area contributed by atoms with Crippen LogP contribution in [0.25, 0.3) is 0 Å². The highest BCUT2D eigenvalue weighted by Crippen LogP contribution is 2.30. The van der Waals surface area contributed by atoms with Crippen LogP contribution in [0.5, 0.6) is 11.5 Å². The van der Waals surface area contributed by atoms with Gasteiger partial charge in [-0.3, -0.25) is 4.79 Å². The zero-order valence-corrected chi connectivity index (χ0v) is 15.5. The van der Waals surface area contributed by atoms with E-state index in [-0.39, 0.29) is 11.2 Å². The second-order valence-electron chi connectivity index (χ2n) is 4.77. The van der Waals surface area contributed by atoms with E-state index in [1.54, 1.807) is 32.4 Å². The molecule has 23 heavy (non-hydrogen) atoms. The van der Waals surface area contributed by atoms with Crippen LogP contribution >= 0.6 is 27.7 Å². The molecular formula is C17H18BrNO3S. The van der Waals surface area contributed by atoms with Crippen molar-refractivity contribution in [3.63, 3.8) is 0 Å². The third-order valence-electron chi connectivity index (χ3n) is 3.15. The van der Waals surface area contributed by atoms with Gasteiger partial charge in [-0.05, 0) is 43.3 Å². The highest BCUT2D eigenvalue weighted by Gasteiger charge is 2.15. The average Bonchev–Trinajstić information content (AvgIpc) is 2.56. The number of hydrogen-bond acceptors (Lipinski definition) is 4. The topological polar surface area (TPSA) is 47.6 Å². The van der Waals surface area contributed by atoms with Crippen LogP contribution in [0.2, 0.25) is 0 Å². The summed E-state index contributed by atoms with van der Waals surface area (Å²) in [7, 11) is 3.14. The summed E-state index contributed by atoms with van der Waals surface area (Å²) in [5.41, 5.74) is 0.677. The molecule has 0 unspecified atom stereocenters. The van der Waals surface area contributed by atoms with E-state index in [0.717, 1.165) is 9.37 Å². The predicted molar refractivity (Wildman–Crippen MR) is 97.6 cm³/mol. The van der Waals surface area contributed by atoms with E-state index in [2.05, 4.69) is 21.2 Å². The summed E-state index contributed by atoms with van der Waals surface area (Å²) in [6, 6.07) is 13.2. The van der Waals surface area contributed by atoms with Crippen LogP contribution in [-0.2, 0) is 4.79 Å². The summed E-state index contributed by atoms with van der Waals surface area (Å²) >= 11 is 4.91. The largest absolute Gasteiger partial charge is 0.493 e. The Balaban J connectivity index is 2.01. The van der Waals surface area contributed by atoms with Gasteiger partial charge in [0.05, 0.1) is 19.5 Å². The molecule has 0 radical (unpaired) electrons. The minimum Gasteiger partial charge on any atom is -0.493 e. The van der Waals surface area contributed by atoms with Crippen molar-refractivity contribution in [1.82, 2.24) is 0 Å². The molecule has 2 rings (SSSR count). The number of hydrogen-bond donors (Lipinski definition) is 1. The van der Waals surface area contributed by atoms with Gasteiger partial charge in [-0.15, -0.1) is 11.8 Å². The maximum Gasteiger partial charge on any atom is 0.237 e. The number of benzene rings is 2. The SMILES string of the molecule is COc1ccc(NC(=O)[C@@H](C)Sc2ccc(Br)cc2)cc1OC. The smallest absolute Gasteiger partial charge is 0.237 e. The number of halogens is 1. The van der Waals surface area contributed by atoms with Gasteiger partial charge in [-0.1, -0.05) is 15.9 Å². The molecule has 0 aromatic heterocycles. The molecule has 6 heteroatoms. The lowest BCUT2D eigenvalue weighted by Crippen LogP contribution is -2.22. The lowest BCUT2D eigenvalue weighted by Gasteiger charge is -2.14. The molecule has 122 valence electrons. The van der Waals surface area contributed by atoms with Crippen molar-refractivity contribution in [2.75, 3.05) is 19.5 Å². The Labute approximate surface area is 148 Å². The molecule has 0 saturated heterocycles. The molecule has 0 heterocycles. The van der Waals surface area contributed by atoms with E-state index in [4.69, 9.17) is 9.47 Å². The number of carbonyl (C=O) groups is 1. The first-order valence-corrected chi connectivity index (χ1v) is 8.66. The van der Waals surface area contributed by atoms with Gasteiger partial charge in [-0.2, -0.15) is 0 Å². The highest BCUT2D eigenvalue weighted by atomic mass is 79.9. The van der Waals surface area contributed by atoms with Crippen molar-refractivity contribution >= 4 is 39.3 Å². The van der Waals surface area contributed by atoms with Crippen molar-refractivity contribution in [3.05, 3.63) is 46.9 Å². The Kier molecular flexibility index (Phi) is 6.36. The van der Waals surface area contributed by atoms with Crippen LogP contribution in [0, 0.1) is 0 Å². The van der Waals surface area contributed by atoms with Gasteiger partial charge >= 0.3 is 0 Å². The maximum atomic E-state index is 12.3. The lowest BCUT2D eigenvalue weighted by molar-refractivity contribution is -0.115. The van der Waals surface area contributed by atoms with Crippen LogP contribution in [0.15, 0.2) is 51.8 Å². The fraction of sp³-hybridized carbons (Fsp3) is 0.235. The van der Waals surface area contributed by atoms with Gasteiger partial charge in [0.2, 0.25) is 5.91 Å². The Bertz CT molecular complexity index is 676. The van der Waals surface area contributed by atoms with Crippen LogP contribution in [0.3, 0.4) is 0 Å². The van der Waals surface area contributed by atoms with Crippen LogP contribution in [0.1, 0.15) is 6.92 Å². The third kappa shape index (κ3) is 4.91. The number of methoxy groups -OCH3 is 2. The maximum absolute atomic E-state index is 12.3. The summed E-state index contributed by atoms with van der Waals surface area (Å²) in [5.74, 6) is 1.14.